The highest BCUT2D eigenvalue weighted by Gasteiger charge is 2.00. The van der Waals surface area contributed by atoms with E-state index in [0.29, 0.717) is 6.61 Å². The molecule has 0 saturated carbocycles. The van der Waals surface area contributed by atoms with E-state index in [-0.39, 0.29) is 0 Å². The van der Waals surface area contributed by atoms with Crippen molar-refractivity contribution in [1.29, 1.82) is 0 Å². The number of hydrogen-bond acceptors (Lipinski definition) is 1. The second-order valence-corrected chi connectivity index (χ2v) is 2.86. The maximum absolute atomic E-state index is 5.34. The minimum Gasteiger partial charge on any atom is -0.437 e. The van der Waals surface area contributed by atoms with E-state index in [1.54, 1.807) is 0 Å². The molecular weight excluding hydrogens is 158 g/mol. The third-order valence-corrected chi connectivity index (χ3v) is 1.02. The summed E-state index contributed by atoms with van der Waals surface area (Å²) in [5.41, 5.74) is 0. The van der Waals surface area contributed by atoms with E-state index < -0.39 is 4.74 Å². The fourth-order valence-corrected chi connectivity index (χ4v) is 0.514. The van der Waals surface area contributed by atoms with Gasteiger partial charge in [0.25, 0.3) is 0 Å². The van der Waals surface area contributed by atoms with Crippen molar-refractivity contribution < 1.29 is 4.65 Å². The molecule has 0 aromatic rings. The molecule has 4 heteroatoms. The van der Waals surface area contributed by atoms with E-state index in [1.807, 2.05) is 0 Å². The SMILES string of the molecule is CCCCO[B]C(Cl)Cl. The van der Waals surface area contributed by atoms with E-state index >= 15 is 0 Å². The van der Waals surface area contributed by atoms with Gasteiger partial charge in [0.1, 0.15) is 4.74 Å². The van der Waals surface area contributed by atoms with Crippen LogP contribution in [0.5, 0.6) is 0 Å². The van der Waals surface area contributed by atoms with E-state index in [9.17, 15) is 0 Å². The zero-order valence-electron chi connectivity index (χ0n) is 5.44. The van der Waals surface area contributed by atoms with Crippen LogP contribution >= 0.6 is 23.2 Å². The van der Waals surface area contributed by atoms with Gasteiger partial charge >= 0.3 is 7.48 Å². The number of rotatable bonds is 5. The van der Waals surface area contributed by atoms with Crippen molar-refractivity contribution in [2.75, 3.05) is 6.61 Å². The highest BCUT2D eigenvalue weighted by Crippen LogP contribution is 1.99. The van der Waals surface area contributed by atoms with Crippen molar-refractivity contribution in [2.45, 2.75) is 24.5 Å². The first-order valence-electron chi connectivity index (χ1n) is 3.00. The zero-order chi connectivity index (χ0) is 7.11. The Morgan fingerprint density at radius 3 is 2.67 bits per heavy atom. The first kappa shape index (κ1) is 9.60. The molecule has 53 valence electrons. The topological polar surface area (TPSA) is 9.23 Å². The lowest BCUT2D eigenvalue weighted by Crippen LogP contribution is -2.07. The molecule has 0 saturated heterocycles. The molecule has 0 spiro atoms. The van der Waals surface area contributed by atoms with Crippen molar-refractivity contribution in [3.63, 3.8) is 0 Å². The summed E-state index contributed by atoms with van der Waals surface area (Å²) in [6.45, 7) is 2.81. The lowest BCUT2D eigenvalue weighted by atomic mass is 10.1. The minimum atomic E-state index is -0.498. The van der Waals surface area contributed by atoms with E-state index in [4.69, 9.17) is 27.9 Å². The molecule has 0 aliphatic carbocycles. The maximum atomic E-state index is 5.34. The van der Waals surface area contributed by atoms with Crippen LogP contribution in [0.3, 0.4) is 0 Å². The highest BCUT2D eigenvalue weighted by molar-refractivity contribution is 6.65. The Morgan fingerprint density at radius 2 is 2.22 bits per heavy atom. The number of unbranched alkanes of at least 4 members (excludes halogenated alkanes) is 1. The van der Waals surface area contributed by atoms with Gasteiger partial charge in [-0.15, -0.1) is 23.2 Å². The molecule has 9 heavy (non-hydrogen) atoms. The largest absolute Gasteiger partial charge is 0.437 e. The van der Waals surface area contributed by atoms with Gasteiger partial charge in [-0.25, -0.2) is 0 Å². The van der Waals surface area contributed by atoms with Gasteiger partial charge in [-0.1, -0.05) is 13.3 Å². The Labute approximate surface area is 66.9 Å². The highest BCUT2D eigenvalue weighted by atomic mass is 35.5. The molecule has 1 nitrogen and oxygen atoms in total. The summed E-state index contributed by atoms with van der Waals surface area (Å²) in [6, 6.07) is 0. The molecule has 0 heterocycles. The average molecular weight is 168 g/mol. The number of halogens is 2. The predicted octanol–water partition coefficient (Wildman–Crippen LogP) is 2.18. The summed E-state index contributed by atoms with van der Waals surface area (Å²) in [4.78, 5) is 0. The molecule has 0 rings (SSSR count). The standard InChI is InChI=1S/C5H10BCl2O/c1-2-3-4-9-6-5(7)8/h5H,2-4H2,1H3. The number of hydrogen-bond donors (Lipinski definition) is 0. The Balaban J connectivity index is 2.75. The van der Waals surface area contributed by atoms with Gasteiger partial charge in [0.2, 0.25) is 0 Å². The first-order chi connectivity index (χ1) is 4.27. The second kappa shape index (κ2) is 6.72. The molecule has 0 aromatic heterocycles. The van der Waals surface area contributed by atoms with Gasteiger partial charge in [0.05, 0.1) is 0 Å². The van der Waals surface area contributed by atoms with E-state index in [2.05, 4.69) is 6.92 Å². The van der Waals surface area contributed by atoms with E-state index in [0.717, 1.165) is 12.8 Å². The second-order valence-electron chi connectivity index (χ2n) is 1.69. The fraction of sp³-hybridized carbons (Fsp3) is 1.00. The Morgan fingerprint density at radius 1 is 1.56 bits per heavy atom. The molecule has 0 unspecified atom stereocenters. The Bertz CT molecular complexity index is 60.9. The molecule has 0 N–H and O–H groups in total. The van der Waals surface area contributed by atoms with Crippen LogP contribution in [0, 0.1) is 0 Å². The maximum Gasteiger partial charge on any atom is 0.328 e. The third-order valence-electron chi connectivity index (χ3n) is 0.815. The molecule has 1 radical (unpaired) electrons. The van der Waals surface area contributed by atoms with Crippen molar-refractivity contribution in [1.82, 2.24) is 0 Å². The van der Waals surface area contributed by atoms with Gasteiger partial charge in [-0.05, 0) is 6.42 Å². The first-order valence-corrected chi connectivity index (χ1v) is 3.87. The quantitative estimate of drug-likeness (QED) is 0.347. The smallest absolute Gasteiger partial charge is 0.328 e. The van der Waals surface area contributed by atoms with Gasteiger partial charge in [-0.3, -0.25) is 0 Å². The third kappa shape index (κ3) is 8.60. The van der Waals surface area contributed by atoms with Crippen LogP contribution < -0.4 is 0 Å². The van der Waals surface area contributed by atoms with Crippen molar-refractivity contribution in [3.8, 4) is 0 Å². The monoisotopic (exact) mass is 167 g/mol. The Kier molecular flexibility index (Phi) is 7.17. The van der Waals surface area contributed by atoms with Crippen LogP contribution in [-0.4, -0.2) is 18.8 Å². The summed E-state index contributed by atoms with van der Waals surface area (Å²) < 4.78 is 4.45. The summed E-state index contributed by atoms with van der Waals surface area (Å²) in [6.07, 6.45) is 2.18. The minimum absolute atomic E-state index is 0.498. The van der Waals surface area contributed by atoms with Crippen LogP contribution in [-0.2, 0) is 4.65 Å². The summed E-state index contributed by atoms with van der Waals surface area (Å²) >= 11 is 10.7. The lowest BCUT2D eigenvalue weighted by molar-refractivity contribution is 0.327. The van der Waals surface area contributed by atoms with Gasteiger partial charge in [0.15, 0.2) is 0 Å². The van der Waals surface area contributed by atoms with Crippen LogP contribution in [0.1, 0.15) is 19.8 Å². The molecule has 0 aromatic carbocycles. The molecule has 0 aliphatic heterocycles. The molecule has 0 fully saturated rings. The van der Waals surface area contributed by atoms with Gasteiger partial charge in [0, 0.05) is 6.61 Å². The van der Waals surface area contributed by atoms with Crippen molar-refractivity contribution in [2.24, 2.45) is 0 Å². The van der Waals surface area contributed by atoms with Gasteiger partial charge < -0.3 is 4.65 Å². The molecule has 0 amide bonds. The van der Waals surface area contributed by atoms with Crippen molar-refractivity contribution in [3.05, 3.63) is 0 Å². The molecular formula is C5H10BCl2O. The fourth-order valence-electron chi connectivity index (χ4n) is 0.368. The lowest BCUT2D eigenvalue weighted by Gasteiger charge is -1.99. The summed E-state index contributed by atoms with van der Waals surface area (Å²) in [5.74, 6) is 0. The van der Waals surface area contributed by atoms with E-state index in [1.165, 1.54) is 7.48 Å². The van der Waals surface area contributed by atoms with Crippen LogP contribution in [0.15, 0.2) is 0 Å². The van der Waals surface area contributed by atoms with Crippen LogP contribution in [0.25, 0.3) is 0 Å². The summed E-state index contributed by atoms with van der Waals surface area (Å²) in [5, 5.41) is 0. The number of alkyl halides is 2. The normalized spacial score (nSPS) is 10.2. The predicted molar refractivity (Wildman–Crippen MR) is 42.1 cm³/mol. The molecule has 0 aliphatic rings. The Hall–Kier alpha value is 0.605. The molecule has 0 bridgehead atoms. The van der Waals surface area contributed by atoms with Crippen LogP contribution in [0.4, 0.5) is 0 Å². The van der Waals surface area contributed by atoms with Gasteiger partial charge in [-0.2, -0.15) is 0 Å². The average Bonchev–Trinajstić information content (AvgIpc) is 1.80. The van der Waals surface area contributed by atoms with Crippen LogP contribution in [0.2, 0.25) is 0 Å². The van der Waals surface area contributed by atoms with Crippen molar-refractivity contribution >= 4 is 30.7 Å². The molecule has 0 atom stereocenters. The zero-order valence-corrected chi connectivity index (χ0v) is 6.95. The summed E-state index contributed by atoms with van der Waals surface area (Å²) in [7, 11) is 1.43.